The molecular formula is C25H30N6O4. The highest BCUT2D eigenvalue weighted by Gasteiger charge is 2.21. The highest BCUT2D eigenvalue weighted by atomic mass is 16.5. The normalized spacial score (nSPS) is 18.3. The molecule has 184 valence electrons. The van der Waals surface area contributed by atoms with Crippen LogP contribution in [0.5, 0.6) is 11.5 Å². The number of nitrogens with one attached hydrogen (secondary N) is 1. The number of aromatic nitrogens is 3. The third kappa shape index (κ3) is 4.85. The number of methoxy groups -OCH3 is 1. The molecule has 1 aromatic carbocycles. The van der Waals surface area contributed by atoms with Crippen LogP contribution in [0.3, 0.4) is 0 Å². The number of fused-ring (bicyclic) bond motifs is 3. The Hall–Kier alpha value is -3.50. The first kappa shape index (κ1) is 23.3. The molecule has 1 saturated heterocycles. The van der Waals surface area contributed by atoms with Crippen molar-refractivity contribution in [1.29, 1.82) is 0 Å². The molecule has 1 fully saturated rings. The minimum Gasteiger partial charge on any atom is -0.491 e. The Balaban J connectivity index is 1.43. The standard InChI is InChI=1S/C25H30N6O4/c1-17-16-34-14-12-30(17)10-4-13-35-20-7-6-19-21(22(20)33-2)28-25(31-11-9-27-23(19)31)29-24(32)18-5-3-8-26-15-18/h3,5-8,15,17,27H,4,9-14,16H2,1-2H3/t17-/m0/s1. The van der Waals surface area contributed by atoms with Crippen LogP contribution in [0.25, 0.3) is 10.9 Å². The van der Waals surface area contributed by atoms with Crippen molar-refractivity contribution in [2.24, 2.45) is 4.99 Å². The van der Waals surface area contributed by atoms with Gasteiger partial charge in [-0.25, -0.2) is 4.98 Å². The summed E-state index contributed by atoms with van der Waals surface area (Å²) in [5.41, 5.74) is 1.33. The summed E-state index contributed by atoms with van der Waals surface area (Å²) in [6, 6.07) is 7.71. The molecule has 2 aliphatic rings. The first-order valence-corrected chi connectivity index (χ1v) is 11.9. The predicted molar refractivity (Wildman–Crippen MR) is 131 cm³/mol. The van der Waals surface area contributed by atoms with E-state index in [0.29, 0.717) is 47.4 Å². The summed E-state index contributed by atoms with van der Waals surface area (Å²) in [5.74, 6) is 1.62. The molecule has 5 rings (SSSR count). The minimum absolute atomic E-state index is 0.322. The van der Waals surface area contributed by atoms with Crippen molar-refractivity contribution in [1.82, 2.24) is 19.4 Å². The topological polar surface area (TPSA) is 103 Å². The number of carbonyl (C=O) groups excluding carboxylic acids is 1. The van der Waals surface area contributed by atoms with Gasteiger partial charge in [-0.1, -0.05) is 0 Å². The zero-order valence-electron chi connectivity index (χ0n) is 20.1. The second-order valence-electron chi connectivity index (χ2n) is 8.65. The highest BCUT2D eigenvalue weighted by molar-refractivity contribution is 5.96. The smallest absolute Gasteiger partial charge is 0.281 e. The maximum Gasteiger partial charge on any atom is 0.281 e. The van der Waals surface area contributed by atoms with E-state index in [1.165, 1.54) is 6.20 Å². The molecule has 2 aromatic heterocycles. The number of carbonyl (C=O) groups is 1. The van der Waals surface area contributed by atoms with Crippen LogP contribution in [-0.2, 0) is 11.3 Å². The van der Waals surface area contributed by atoms with Crippen LogP contribution in [-0.4, -0.2) is 77.9 Å². The molecule has 10 nitrogen and oxygen atoms in total. The summed E-state index contributed by atoms with van der Waals surface area (Å²) in [5, 5.41) is 4.28. The molecule has 1 amide bonds. The fourth-order valence-corrected chi connectivity index (χ4v) is 4.53. The van der Waals surface area contributed by atoms with Gasteiger partial charge in [0.15, 0.2) is 11.5 Å². The van der Waals surface area contributed by atoms with Crippen molar-refractivity contribution in [2.45, 2.75) is 25.9 Å². The van der Waals surface area contributed by atoms with Crippen molar-refractivity contribution >= 4 is 22.6 Å². The Morgan fingerprint density at radius 3 is 3.03 bits per heavy atom. The molecule has 0 bridgehead atoms. The number of hydrogen-bond acceptors (Lipinski definition) is 8. The average Bonchev–Trinajstić information content (AvgIpc) is 3.38. The summed E-state index contributed by atoms with van der Waals surface area (Å²) in [6.45, 7) is 7.59. The van der Waals surface area contributed by atoms with E-state index < -0.39 is 5.91 Å². The van der Waals surface area contributed by atoms with E-state index in [0.717, 1.165) is 50.5 Å². The number of hydrogen-bond donors (Lipinski definition) is 1. The number of morpholine rings is 1. The number of pyridine rings is 1. The van der Waals surface area contributed by atoms with Gasteiger partial charge in [0.05, 0.1) is 32.5 Å². The number of rotatable bonds is 7. The summed E-state index contributed by atoms with van der Waals surface area (Å²) in [4.78, 5) is 28.2. The quantitative estimate of drug-likeness (QED) is 0.515. The van der Waals surface area contributed by atoms with Crippen molar-refractivity contribution in [3.63, 3.8) is 0 Å². The molecule has 35 heavy (non-hydrogen) atoms. The van der Waals surface area contributed by atoms with Crippen LogP contribution in [0.2, 0.25) is 0 Å². The highest BCUT2D eigenvalue weighted by Crippen LogP contribution is 2.37. The summed E-state index contributed by atoms with van der Waals surface area (Å²) in [6.07, 6.45) is 4.01. The van der Waals surface area contributed by atoms with E-state index in [9.17, 15) is 4.79 Å². The second-order valence-corrected chi connectivity index (χ2v) is 8.65. The largest absolute Gasteiger partial charge is 0.491 e. The molecule has 0 saturated carbocycles. The fourth-order valence-electron chi connectivity index (χ4n) is 4.53. The Morgan fingerprint density at radius 2 is 2.23 bits per heavy atom. The van der Waals surface area contributed by atoms with E-state index >= 15 is 0 Å². The number of anilines is 1. The van der Waals surface area contributed by atoms with Gasteiger partial charge in [0.1, 0.15) is 11.3 Å². The lowest BCUT2D eigenvalue weighted by atomic mass is 10.2. The van der Waals surface area contributed by atoms with Gasteiger partial charge in [-0.15, -0.1) is 0 Å². The van der Waals surface area contributed by atoms with E-state index in [4.69, 9.17) is 19.2 Å². The molecule has 3 aromatic rings. The van der Waals surface area contributed by atoms with Crippen LogP contribution in [0.1, 0.15) is 23.7 Å². The molecular weight excluding hydrogens is 448 g/mol. The van der Waals surface area contributed by atoms with Crippen molar-refractivity contribution in [2.75, 3.05) is 51.9 Å². The van der Waals surface area contributed by atoms with Crippen LogP contribution < -0.4 is 20.4 Å². The minimum atomic E-state index is -0.393. The van der Waals surface area contributed by atoms with Crippen LogP contribution in [0.4, 0.5) is 5.82 Å². The summed E-state index contributed by atoms with van der Waals surface area (Å²) in [7, 11) is 1.60. The zero-order chi connectivity index (χ0) is 24.2. The summed E-state index contributed by atoms with van der Waals surface area (Å²) < 4.78 is 19.3. The molecule has 0 radical (unpaired) electrons. The van der Waals surface area contributed by atoms with Gasteiger partial charge in [0.25, 0.3) is 5.91 Å². The van der Waals surface area contributed by atoms with Crippen molar-refractivity contribution in [3.05, 3.63) is 47.8 Å². The van der Waals surface area contributed by atoms with E-state index in [1.54, 1.807) is 25.4 Å². The van der Waals surface area contributed by atoms with E-state index in [1.807, 2.05) is 16.7 Å². The first-order chi connectivity index (χ1) is 17.2. The van der Waals surface area contributed by atoms with Crippen molar-refractivity contribution < 1.29 is 19.0 Å². The maximum atomic E-state index is 12.8. The molecule has 0 unspecified atom stereocenters. The van der Waals surface area contributed by atoms with Gasteiger partial charge in [0.2, 0.25) is 5.62 Å². The molecule has 4 heterocycles. The van der Waals surface area contributed by atoms with Gasteiger partial charge in [-0.2, -0.15) is 4.99 Å². The fraction of sp³-hybridized carbons (Fsp3) is 0.440. The molecule has 2 aliphatic heterocycles. The van der Waals surface area contributed by atoms with Crippen LogP contribution in [0, 0.1) is 0 Å². The van der Waals surface area contributed by atoms with E-state index in [2.05, 4.69) is 27.1 Å². The molecule has 1 atom stereocenters. The lowest BCUT2D eigenvalue weighted by Crippen LogP contribution is -2.44. The third-order valence-electron chi connectivity index (χ3n) is 6.37. The monoisotopic (exact) mass is 478 g/mol. The van der Waals surface area contributed by atoms with E-state index in [-0.39, 0.29) is 0 Å². The molecule has 1 N–H and O–H groups in total. The summed E-state index contributed by atoms with van der Waals surface area (Å²) >= 11 is 0. The Morgan fingerprint density at radius 1 is 1.31 bits per heavy atom. The Bertz CT molecular complexity index is 1280. The molecule has 0 aliphatic carbocycles. The average molecular weight is 479 g/mol. The van der Waals surface area contributed by atoms with Gasteiger partial charge in [-0.05, 0) is 37.6 Å². The van der Waals surface area contributed by atoms with Gasteiger partial charge >= 0.3 is 0 Å². The lowest BCUT2D eigenvalue weighted by molar-refractivity contribution is -0.00203. The number of amides is 1. The first-order valence-electron chi connectivity index (χ1n) is 11.9. The molecule has 10 heteroatoms. The number of benzene rings is 1. The van der Waals surface area contributed by atoms with Gasteiger partial charge in [-0.3, -0.25) is 19.2 Å². The van der Waals surface area contributed by atoms with Crippen molar-refractivity contribution in [3.8, 4) is 11.5 Å². The molecule has 0 spiro atoms. The predicted octanol–water partition coefficient (Wildman–Crippen LogP) is 2.10. The zero-order valence-corrected chi connectivity index (χ0v) is 20.1. The maximum absolute atomic E-state index is 12.8. The number of ether oxygens (including phenoxy) is 3. The van der Waals surface area contributed by atoms with Gasteiger partial charge < -0.3 is 19.5 Å². The number of nitrogens with zero attached hydrogens (tertiary/aromatic N) is 5. The third-order valence-corrected chi connectivity index (χ3v) is 6.37. The van der Waals surface area contributed by atoms with Crippen LogP contribution in [0.15, 0.2) is 41.7 Å². The van der Waals surface area contributed by atoms with Gasteiger partial charge in [0, 0.05) is 50.0 Å². The second kappa shape index (κ2) is 10.4. The lowest BCUT2D eigenvalue weighted by Gasteiger charge is -2.33. The van der Waals surface area contributed by atoms with Crippen LogP contribution >= 0.6 is 0 Å². The Kier molecular flexibility index (Phi) is 6.91. The SMILES string of the molecule is COc1c(OCCCN2CCOC[C@@H]2C)ccc2c3n(c(=NC(=O)c4cccnc4)nc12)CCN3. The Labute approximate surface area is 203 Å².